The van der Waals surface area contributed by atoms with Gasteiger partial charge < -0.3 is 14.3 Å². The molecule has 7 heteroatoms. The lowest BCUT2D eigenvalue weighted by Gasteiger charge is -2.36. The first-order valence-electron chi connectivity index (χ1n) is 14.0. The summed E-state index contributed by atoms with van der Waals surface area (Å²) in [5, 5.41) is 8.75. The average Bonchev–Trinajstić information content (AvgIpc) is 2.77. The van der Waals surface area contributed by atoms with Crippen LogP contribution < -0.4 is 0 Å². The summed E-state index contributed by atoms with van der Waals surface area (Å²) in [6, 6.07) is 0. The number of carbonyl (C=O) groups is 3. The number of rotatable bonds is 18. The van der Waals surface area contributed by atoms with Crippen LogP contribution in [0, 0.1) is 11.3 Å². The summed E-state index contributed by atoms with van der Waals surface area (Å²) < 4.78 is 11.2. The van der Waals surface area contributed by atoms with Crippen molar-refractivity contribution in [2.24, 2.45) is 11.3 Å². The maximum Gasteiger partial charge on any atom is 0.319 e. The second-order valence-corrected chi connectivity index (χ2v) is 16.6. The Hall–Kier alpha value is -1.05. The van der Waals surface area contributed by atoms with E-state index in [0.29, 0.717) is 19.6 Å². The van der Waals surface area contributed by atoms with Crippen molar-refractivity contribution in [2.45, 2.75) is 138 Å². The van der Waals surface area contributed by atoms with Gasteiger partial charge in [0.15, 0.2) is 8.32 Å². The topological polar surface area (TPSA) is 89.9 Å². The second kappa shape index (κ2) is 19.1. The molecule has 6 nitrogen and oxygen atoms in total. The summed E-state index contributed by atoms with van der Waals surface area (Å²) in [5.41, 5.74) is -0.992. The molecule has 0 spiro atoms. The minimum absolute atomic E-state index is 0.109. The number of hydrogen-bond donors (Lipinski definition) is 1. The summed E-state index contributed by atoms with van der Waals surface area (Å²) in [6.45, 7) is 21.3. The number of unbranched alkanes of at least 4 members (excludes halogenated alkanes) is 6. The van der Waals surface area contributed by atoms with Crippen molar-refractivity contribution in [3.05, 3.63) is 0 Å². The largest absolute Gasteiger partial charge is 0.465 e. The quantitative estimate of drug-likeness (QED) is 0.0867. The van der Waals surface area contributed by atoms with Crippen LogP contribution in [0.15, 0.2) is 0 Å². The van der Waals surface area contributed by atoms with Crippen molar-refractivity contribution in [2.75, 3.05) is 19.8 Å². The zero-order valence-electron chi connectivity index (χ0n) is 25.3. The monoisotopic (exact) mass is 530 g/mol. The summed E-state index contributed by atoms with van der Waals surface area (Å²) in [5.74, 6) is 0.0113. The number of hydrogen-bond acceptors (Lipinski definition) is 6. The van der Waals surface area contributed by atoms with Gasteiger partial charge in [-0.3, -0.25) is 14.4 Å². The number of carbonyl (C=O) groups excluding carboxylic acids is 3. The van der Waals surface area contributed by atoms with Crippen LogP contribution in [0.1, 0.15) is 120 Å². The van der Waals surface area contributed by atoms with Gasteiger partial charge in [-0.2, -0.15) is 0 Å². The number of Topliss-reactive ketones (excluding diaryl/α,β-unsaturated/α-hetero) is 2. The zero-order chi connectivity index (χ0) is 28.4. The van der Waals surface area contributed by atoms with Gasteiger partial charge in [-0.05, 0) is 71.5 Å². The minimum atomic E-state index is -1.65. The lowest BCUT2D eigenvalue weighted by molar-refractivity contribution is -0.159. The molecule has 0 bridgehead atoms. The molecule has 0 saturated heterocycles. The SMILES string of the molecule is CC(=O)C(C)CCCCCCO.CCOC(=O)C(C)(CCCCCCO[Si](C)(C)C(C)(C)C)C(C)=O. The van der Waals surface area contributed by atoms with E-state index in [4.69, 9.17) is 14.3 Å². The molecule has 0 aromatic rings. The molecule has 0 heterocycles. The summed E-state index contributed by atoms with van der Waals surface area (Å²) in [6.07, 6.45) is 9.74. The van der Waals surface area contributed by atoms with Gasteiger partial charge in [-0.1, -0.05) is 66.2 Å². The van der Waals surface area contributed by atoms with Crippen LogP contribution in [0.2, 0.25) is 18.1 Å². The smallest absolute Gasteiger partial charge is 0.319 e. The maximum absolute atomic E-state index is 12.0. The van der Waals surface area contributed by atoms with Gasteiger partial charge in [0.1, 0.15) is 17.0 Å². The van der Waals surface area contributed by atoms with E-state index in [-0.39, 0.29) is 22.5 Å². The number of ketones is 2. The van der Waals surface area contributed by atoms with Crippen molar-refractivity contribution in [3.63, 3.8) is 0 Å². The lowest BCUT2D eigenvalue weighted by atomic mass is 9.81. The Kier molecular flexibility index (Phi) is 19.7. The molecule has 0 rings (SSSR count). The van der Waals surface area contributed by atoms with Gasteiger partial charge in [-0.15, -0.1) is 0 Å². The van der Waals surface area contributed by atoms with Gasteiger partial charge in [0.05, 0.1) is 6.61 Å². The molecule has 2 atom stereocenters. The molecule has 214 valence electrons. The fourth-order valence-electron chi connectivity index (χ4n) is 3.31. The van der Waals surface area contributed by atoms with Crippen molar-refractivity contribution in [3.8, 4) is 0 Å². The molecule has 1 N–H and O–H groups in total. The van der Waals surface area contributed by atoms with Crippen LogP contribution in [0.3, 0.4) is 0 Å². The zero-order valence-corrected chi connectivity index (χ0v) is 26.3. The number of ether oxygens (including phenoxy) is 1. The molecule has 0 amide bonds. The third kappa shape index (κ3) is 15.9. The highest BCUT2D eigenvalue weighted by Gasteiger charge is 2.39. The molecule has 36 heavy (non-hydrogen) atoms. The summed E-state index contributed by atoms with van der Waals surface area (Å²) in [4.78, 5) is 34.7. The molecular weight excluding hydrogens is 472 g/mol. The second-order valence-electron chi connectivity index (χ2n) is 11.8. The highest BCUT2D eigenvalue weighted by molar-refractivity contribution is 6.74. The van der Waals surface area contributed by atoms with Gasteiger partial charge in [0.25, 0.3) is 0 Å². The van der Waals surface area contributed by atoms with Crippen molar-refractivity contribution < 1.29 is 28.7 Å². The molecule has 0 aliphatic heterocycles. The van der Waals surface area contributed by atoms with Crippen molar-refractivity contribution in [1.29, 1.82) is 0 Å². The fraction of sp³-hybridized carbons (Fsp3) is 0.897. The predicted molar refractivity (Wildman–Crippen MR) is 152 cm³/mol. The molecule has 0 aliphatic carbocycles. The van der Waals surface area contributed by atoms with Crippen molar-refractivity contribution >= 4 is 25.9 Å². The Balaban J connectivity index is 0. The van der Waals surface area contributed by atoms with E-state index >= 15 is 0 Å². The number of aliphatic hydroxyl groups is 1. The van der Waals surface area contributed by atoms with Crippen LogP contribution in [0.25, 0.3) is 0 Å². The Morgan fingerprint density at radius 3 is 1.86 bits per heavy atom. The standard InChI is InChI=1S/C19H38O4Si.C10H20O2/c1-9-22-17(21)19(6,16(2)20)14-12-10-11-13-15-23-24(7,8)18(3,4)5;1-9(10(2)12)7-5-3-4-6-8-11/h9-15H2,1-8H3;9,11H,3-8H2,1-2H3. The Morgan fingerprint density at radius 2 is 1.39 bits per heavy atom. The molecule has 0 radical (unpaired) electrons. The summed E-state index contributed by atoms with van der Waals surface area (Å²) >= 11 is 0. The van der Waals surface area contributed by atoms with Crippen LogP contribution in [-0.2, 0) is 23.5 Å². The van der Waals surface area contributed by atoms with Crippen LogP contribution >= 0.6 is 0 Å². The van der Waals surface area contributed by atoms with E-state index in [2.05, 4.69) is 33.9 Å². The van der Waals surface area contributed by atoms with Crippen LogP contribution in [0.5, 0.6) is 0 Å². The third-order valence-corrected chi connectivity index (χ3v) is 12.1. The first-order valence-corrected chi connectivity index (χ1v) is 16.9. The van der Waals surface area contributed by atoms with Crippen LogP contribution in [-0.4, -0.2) is 50.8 Å². The molecule has 0 aromatic carbocycles. The van der Waals surface area contributed by atoms with Gasteiger partial charge in [-0.25, -0.2) is 0 Å². The number of aliphatic hydroxyl groups excluding tert-OH is 1. The molecule has 0 aliphatic rings. The van der Waals surface area contributed by atoms with Gasteiger partial charge in [0.2, 0.25) is 0 Å². The Labute approximate surface area is 223 Å². The van der Waals surface area contributed by atoms with E-state index < -0.39 is 19.7 Å². The average molecular weight is 531 g/mol. The highest BCUT2D eigenvalue weighted by Crippen LogP contribution is 2.36. The van der Waals surface area contributed by atoms with E-state index in [0.717, 1.165) is 64.4 Å². The summed E-state index contributed by atoms with van der Waals surface area (Å²) in [7, 11) is -1.65. The molecule has 2 unspecified atom stereocenters. The number of esters is 1. The van der Waals surface area contributed by atoms with Gasteiger partial charge in [0, 0.05) is 19.1 Å². The van der Waals surface area contributed by atoms with Gasteiger partial charge >= 0.3 is 5.97 Å². The van der Waals surface area contributed by atoms with Crippen LogP contribution in [0.4, 0.5) is 0 Å². The van der Waals surface area contributed by atoms with E-state index in [1.165, 1.54) is 6.92 Å². The van der Waals surface area contributed by atoms with E-state index in [1.54, 1.807) is 20.8 Å². The minimum Gasteiger partial charge on any atom is -0.465 e. The predicted octanol–water partition coefficient (Wildman–Crippen LogP) is 7.27. The van der Waals surface area contributed by atoms with Crippen molar-refractivity contribution in [1.82, 2.24) is 0 Å². The lowest BCUT2D eigenvalue weighted by Crippen LogP contribution is -2.40. The first kappa shape index (κ1) is 37.1. The highest BCUT2D eigenvalue weighted by atomic mass is 28.4. The van der Waals surface area contributed by atoms with E-state index in [1.807, 2.05) is 6.92 Å². The Bertz CT molecular complexity index is 626. The maximum atomic E-state index is 12.0. The normalized spacial score (nSPS) is 14.3. The molecule has 0 fully saturated rings. The molecule has 0 saturated carbocycles. The third-order valence-electron chi connectivity index (χ3n) is 7.58. The Morgan fingerprint density at radius 1 is 0.861 bits per heavy atom. The first-order chi connectivity index (χ1) is 16.6. The molecule has 0 aromatic heterocycles. The molecular formula is C29H58O6Si. The van der Waals surface area contributed by atoms with E-state index in [9.17, 15) is 14.4 Å². The fourth-order valence-corrected chi connectivity index (χ4v) is 4.40.